The predicted octanol–water partition coefficient (Wildman–Crippen LogP) is 1.13. The number of aromatic hydroxyl groups is 1. The molecule has 0 atom stereocenters. The Morgan fingerprint density at radius 1 is 1.53 bits per heavy atom. The minimum atomic E-state index is -0.0831. The number of carbonyl (C=O) groups is 1. The fourth-order valence-electron chi connectivity index (χ4n) is 2.04. The molecule has 4 heteroatoms. The summed E-state index contributed by atoms with van der Waals surface area (Å²) in [5.74, 6) is -0.0217. The van der Waals surface area contributed by atoms with Crippen LogP contribution >= 0.6 is 0 Å². The summed E-state index contributed by atoms with van der Waals surface area (Å²) in [6.07, 6.45) is 0. The van der Waals surface area contributed by atoms with E-state index in [0.717, 1.165) is 18.7 Å². The number of hydrogen-bond donors (Lipinski definition) is 2. The molecule has 1 saturated heterocycles. The average molecular weight is 234 g/mol. The zero-order chi connectivity index (χ0) is 12.4. The average Bonchev–Trinajstić information content (AvgIpc) is 2.25. The van der Waals surface area contributed by atoms with Crippen molar-refractivity contribution < 1.29 is 9.90 Å². The predicted molar refractivity (Wildman–Crippen MR) is 66.2 cm³/mol. The molecular formula is C13H18N2O2. The zero-order valence-electron chi connectivity index (χ0n) is 10.2. The first-order valence-corrected chi connectivity index (χ1v) is 5.94. The smallest absolute Gasteiger partial charge is 0.257 e. The SMILES string of the molecule is CCN(C(=O)c1cc(C)ccc1O)C1CNC1. The van der Waals surface area contributed by atoms with Crippen molar-refractivity contribution in [3.05, 3.63) is 29.3 Å². The van der Waals surface area contributed by atoms with Gasteiger partial charge in [-0.25, -0.2) is 0 Å². The summed E-state index contributed by atoms with van der Waals surface area (Å²) in [6, 6.07) is 5.38. The van der Waals surface area contributed by atoms with Gasteiger partial charge in [-0.2, -0.15) is 0 Å². The van der Waals surface area contributed by atoms with Gasteiger partial charge in [0.05, 0.1) is 11.6 Å². The van der Waals surface area contributed by atoms with Crippen molar-refractivity contribution >= 4 is 5.91 Å². The summed E-state index contributed by atoms with van der Waals surface area (Å²) in [5, 5.41) is 12.9. The topological polar surface area (TPSA) is 52.6 Å². The van der Waals surface area contributed by atoms with Gasteiger partial charge in [0, 0.05) is 19.6 Å². The Morgan fingerprint density at radius 3 is 2.76 bits per heavy atom. The largest absolute Gasteiger partial charge is 0.507 e. The van der Waals surface area contributed by atoms with Gasteiger partial charge in [-0.15, -0.1) is 0 Å². The maximum Gasteiger partial charge on any atom is 0.257 e. The molecule has 1 aliphatic heterocycles. The van der Waals surface area contributed by atoms with E-state index in [1.807, 2.05) is 18.7 Å². The number of rotatable bonds is 3. The van der Waals surface area contributed by atoms with Crippen LogP contribution in [0.5, 0.6) is 5.75 Å². The van der Waals surface area contributed by atoms with Gasteiger partial charge in [0.1, 0.15) is 5.75 Å². The highest BCUT2D eigenvalue weighted by atomic mass is 16.3. The van der Waals surface area contributed by atoms with Crippen LogP contribution in [0.15, 0.2) is 18.2 Å². The van der Waals surface area contributed by atoms with Crippen molar-refractivity contribution in [2.24, 2.45) is 0 Å². The van der Waals surface area contributed by atoms with E-state index in [2.05, 4.69) is 5.32 Å². The molecule has 0 aliphatic carbocycles. The quantitative estimate of drug-likeness (QED) is 0.824. The molecule has 0 saturated carbocycles. The number of aryl methyl sites for hydroxylation is 1. The molecule has 4 nitrogen and oxygen atoms in total. The first-order chi connectivity index (χ1) is 8.13. The Kier molecular flexibility index (Phi) is 3.33. The fraction of sp³-hybridized carbons (Fsp3) is 0.462. The first kappa shape index (κ1) is 11.9. The van der Waals surface area contributed by atoms with Crippen LogP contribution in [0.2, 0.25) is 0 Å². The van der Waals surface area contributed by atoms with Crippen LogP contribution in [0.4, 0.5) is 0 Å². The van der Waals surface area contributed by atoms with E-state index in [1.54, 1.807) is 18.2 Å². The van der Waals surface area contributed by atoms with E-state index in [9.17, 15) is 9.90 Å². The van der Waals surface area contributed by atoms with E-state index >= 15 is 0 Å². The number of phenolic OH excluding ortho intramolecular Hbond substituents is 1. The molecule has 1 amide bonds. The molecule has 2 rings (SSSR count). The molecule has 0 spiro atoms. The molecule has 17 heavy (non-hydrogen) atoms. The number of phenols is 1. The number of benzene rings is 1. The van der Waals surface area contributed by atoms with Gasteiger partial charge in [-0.1, -0.05) is 11.6 Å². The van der Waals surface area contributed by atoms with Gasteiger partial charge in [0.25, 0.3) is 5.91 Å². The lowest BCUT2D eigenvalue weighted by molar-refractivity contribution is 0.0627. The lowest BCUT2D eigenvalue weighted by Gasteiger charge is -2.37. The Bertz CT molecular complexity index is 427. The third-order valence-corrected chi connectivity index (χ3v) is 3.18. The van der Waals surface area contributed by atoms with Gasteiger partial charge in [-0.05, 0) is 26.0 Å². The van der Waals surface area contributed by atoms with E-state index in [0.29, 0.717) is 12.1 Å². The number of likely N-dealkylation sites (N-methyl/N-ethyl adjacent to an activating group) is 1. The second-order valence-corrected chi connectivity index (χ2v) is 4.42. The maximum absolute atomic E-state index is 12.3. The van der Waals surface area contributed by atoms with Crippen LogP contribution in [-0.2, 0) is 0 Å². The highest BCUT2D eigenvalue weighted by Crippen LogP contribution is 2.21. The van der Waals surface area contributed by atoms with Crippen molar-refractivity contribution in [2.75, 3.05) is 19.6 Å². The van der Waals surface area contributed by atoms with Crippen molar-refractivity contribution in [1.29, 1.82) is 0 Å². The second-order valence-electron chi connectivity index (χ2n) is 4.42. The van der Waals surface area contributed by atoms with Gasteiger partial charge in [0.2, 0.25) is 0 Å². The monoisotopic (exact) mass is 234 g/mol. The summed E-state index contributed by atoms with van der Waals surface area (Å²) in [5.41, 5.74) is 1.38. The minimum absolute atomic E-state index is 0.0614. The van der Waals surface area contributed by atoms with Crippen LogP contribution in [0, 0.1) is 6.92 Å². The molecule has 1 aromatic rings. The van der Waals surface area contributed by atoms with Crippen LogP contribution in [0.3, 0.4) is 0 Å². The molecule has 1 fully saturated rings. The van der Waals surface area contributed by atoms with Crippen molar-refractivity contribution in [3.8, 4) is 5.75 Å². The number of nitrogens with one attached hydrogen (secondary N) is 1. The lowest BCUT2D eigenvalue weighted by atomic mass is 10.1. The minimum Gasteiger partial charge on any atom is -0.507 e. The Hall–Kier alpha value is -1.55. The molecule has 0 radical (unpaired) electrons. The number of hydrogen-bond acceptors (Lipinski definition) is 3. The summed E-state index contributed by atoms with van der Waals surface area (Å²) in [4.78, 5) is 14.1. The summed E-state index contributed by atoms with van der Waals surface area (Å²) >= 11 is 0. The molecule has 1 aromatic carbocycles. The fourth-order valence-corrected chi connectivity index (χ4v) is 2.04. The highest BCUT2D eigenvalue weighted by molar-refractivity contribution is 5.97. The van der Waals surface area contributed by atoms with E-state index in [1.165, 1.54) is 0 Å². The molecule has 1 heterocycles. The van der Waals surface area contributed by atoms with Gasteiger partial charge in [-0.3, -0.25) is 4.79 Å². The zero-order valence-corrected chi connectivity index (χ0v) is 10.2. The number of amides is 1. The number of carbonyl (C=O) groups excluding carboxylic acids is 1. The Balaban J connectivity index is 2.25. The number of nitrogens with zero attached hydrogens (tertiary/aromatic N) is 1. The molecule has 1 aliphatic rings. The maximum atomic E-state index is 12.3. The van der Waals surface area contributed by atoms with Gasteiger partial charge >= 0.3 is 0 Å². The van der Waals surface area contributed by atoms with Crippen molar-refractivity contribution in [2.45, 2.75) is 19.9 Å². The van der Waals surface area contributed by atoms with Gasteiger partial charge < -0.3 is 15.3 Å². The third kappa shape index (κ3) is 2.26. The van der Waals surface area contributed by atoms with E-state index < -0.39 is 0 Å². The standard InChI is InChI=1S/C13H18N2O2/c1-3-15(10-7-14-8-10)13(17)11-6-9(2)4-5-12(11)16/h4-6,10,14,16H,3,7-8H2,1-2H3. The van der Waals surface area contributed by atoms with Crippen LogP contribution in [-0.4, -0.2) is 41.6 Å². The van der Waals surface area contributed by atoms with E-state index in [-0.39, 0.29) is 17.7 Å². The molecule has 2 N–H and O–H groups in total. The van der Waals surface area contributed by atoms with Crippen molar-refractivity contribution in [1.82, 2.24) is 10.2 Å². The van der Waals surface area contributed by atoms with Crippen LogP contribution in [0.25, 0.3) is 0 Å². The lowest BCUT2D eigenvalue weighted by Crippen LogP contribution is -2.58. The molecule has 0 unspecified atom stereocenters. The first-order valence-electron chi connectivity index (χ1n) is 5.94. The normalized spacial score (nSPS) is 15.4. The summed E-state index contributed by atoms with van der Waals surface area (Å²) in [6.45, 7) is 6.22. The Morgan fingerprint density at radius 2 is 2.24 bits per heavy atom. The molecule has 0 bridgehead atoms. The van der Waals surface area contributed by atoms with E-state index in [4.69, 9.17) is 0 Å². The third-order valence-electron chi connectivity index (χ3n) is 3.18. The highest BCUT2D eigenvalue weighted by Gasteiger charge is 2.29. The summed E-state index contributed by atoms with van der Waals surface area (Å²) < 4.78 is 0. The van der Waals surface area contributed by atoms with Crippen molar-refractivity contribution in [3.63, 3.8) is 0 Å². The van der Waals surface area contributed by atoms with Crippen LogP contribution in [0.1, 0.15) is 22.8 Å². The molecular weight excluding hydrogens is 216 g/mol. The molecule has 92 valence electrons. The second kappa shape index (κ2) is 4.75. The molecule has 0 aromatic heterocycles. The van der Waals surface area contributed by atoms with Gasteiger partial charge in [0.15, 0.2) is 0 Å². The Labute approximate surface area is 101 Å². The summed E-state index contributed by atoms with van der Waals surface area (Å²) in [7, 11) is 0. The van der Waals surface area contributed by atoms with Crippen LogP contribution < -0.4 is 5.32 Å².